The molecule has 1 N–H and O–H groups in total. The zero-order valence-electron chi connectivity index (χ0n) is 17.2. The minimum absolute atomic E-state index is 0.0472. The Bertz CT molecular complexity index is 1180. The summed E-state index contributed by atoms with van der Waals surface area (Å²) in [5.74, 6) is 0.606. The van der Waals surface area contributed by atoms with Crippen molar-refractivity contribution in [3.05, 3.63) is 77.8 Å². The predicted molar refractivity (Wildman–Crippen MR) is 116 cm³/mol. The number of carbonyl (C=O) groups excluding carboxylic acids is 1. The van der Waals surface area contributed by atoms with Crippen LogP contribution in [-0.4, -0.2) is 22.0 Å². The van der Waals surface area contributed by atoms with Crippen LogP contribution in [0.25, 0.3) is 22.4 Å². The number of hydrogen-bond donors (Lipinski definition) is 1. The van der Waals surface area contributed by atoms with E-state index in [-0.39, 0.29) is 17.8 Å². The Kier molecular flexibility index (Phi) is 5.59. The highest BCUT2D eigenvalue weighted by Crippen LogP contribution is 2.28. The lowest BCUT2D eigenvalue weighted by atomic mass is 10.1. The molecule has 0 atom stereocenters. The molecule has 30 heavy (non-hydrogen) atoms. The minimum atomic E-state index is -0.312. The van der Waals surface area contributed by atoms with Crippen molar-refractivity contribution in [2.24, 2.45) is 0 Å². The molecule has 0 bridgehead atoms. The quantitative estimate of drug-likeness (QED) is 0.470. The van der Waals surface area contributed by atoms with E-state index in [4.69, 9.17) is 9.15 Å². The summed E-state index contributed by atoms with van der Waals surface area (Å²) in [5.41, 5.74) is 3.86. The van der Waals surface area contributed by atoms with Crippen LogP contribution in [0.3, 0.4) is 0 Å². The third-order valence-corrected chi connectivity index (χ3v) is 4.66. The maximum atomic E-state index is 13.0. The lowest BCUT2D eigenvalue weighted by Gasteiger charge is -2.09. The van der Waals surface area contributed by atoms with Gasteiger partial charge in [0, 0.05) is 34.1 Å². The van der Waals surface area contributed by atoms with Crippen LogP contribution in [0.2, 0.25) is 0 Å². The summed E-state index contributed by atoms with van der Waals surface area (Å²) in [6.07, 6.45) is 1.78. The smallest absolute Gasteiger partial charge is 0.291 e. The van der Waals surface area contributed by atoms with Crippen molar-refractivity contribution >= 4 is 22.6 Å². The van der Waals surface area contributed by atoms with Gasteiger partial charge in [-0.05, 0) is 57.2 Å². The Morgan fingerprint density at radius 2 is 1.87 bits per heavy atom. The molecular weight excluding hydrogens is 378 g/mol. The summed E-state index contributed by atoms with van der Waals surface area (Å²) in [4.78, 5) is 21.7. The number of anilines is 1. The molecule has 4 rings (SSSR count). The van der Waals surface area contributed by atoms with Gasteiger partial charge in [-0.1, -0.05) is 18.2 Å². The van der Waals surface area contributed by atoms with Crippen LogP contribution in [-0.2, 0) is 11.3 Å². The first-order valence-electron chi connectivity index (χ1n) is 9.84. The Balaban J connectivity index is 1.58. The summed E-state index contributed by atoms with van der Waals surface area (Å²) in [7, 11) is 0. The molecule has 4 aromatic rings. The molecule has 0 fully saturated rings. The van der Waals surface area contributed by atoms with Crippen LogP contribution in [0.15, 0.2) is 65.2 Å². The molecule has 152 valence electrons. The fourth-order valence-electron chi connectivity index (χ4n) is 3.15. The SMILES string of the molecule is Cc1ccnc(-c2ccc(NC(=O)c3oc4ccccc4c3COC(C)C)cc2)n1. The summed E-state index contributed by atoms with van der Waals surface area (Å²) in [6, 6.07) is 16.9. The lowest BCUT2D eigenvalue weighted by Crippen LogP contribution is -2.14. The van der Waals surface area contributed by atoms with Crippen molar-refractivity contribution in [1.29, 1.82) is 0 Å². The fourth-order valence-corrected chi connectivity index (χ4v) is 3.15. The number of rotatable bonds is 6. The summed E-state index contributed by atoms with van der Waals surface area (Å²) in [6.45, 7) is 6.15. The molecule has 0 unspecified atom stereocenters. The zero-order chi connectivity index (χ0) is 21.1. The number of nitrogens with zero attached hydrogens (tertiary/aromatic N) is 2. The van der Waals surface area contributed by atoms with Gasteiger partial charge in [-0.2, -0.15) is 0 Å². The van der Waals surface area contributed by atoms with Gasteiger partial charge in [-0.15, -0.1) is 0 Å². The number of nitrogens with one attached hydrogen (secondary N) is 1. The van der Waals surface area contributed by atoms with Crippen molar-refractivity contribution < 1.29 is 13.9 Å². The van der Waals surface area contributed by atoms with Gasteiger partial charge in [0.15, 0.2) is 11.6 Å². The van der Waals surface area contributed by atoms with Gasteiger partial charge in [-0.3, -0.25) is 4.79 Å². The number of ether oxygens (including phenoxy) is 1. The number of para-hydroxylation sites is 1. The van der Waals surface area contributed by atoms with Crippen molar-refractivity contribution in [3.63, 3.8) is 0 Å². The van der Waals surface area contributed by atoms with Crippen molar-refractivity contribution in [3.8, 4) is 11.4 Å². The van der Waals surface area contributed by atoms with E-state index in [1.165, 1.54) is 0 Å². The molecule has 0 radical (unpaired) electrons. The highest BCUT2D eigenvalue weighted by atomic mass is 16.5. The fraction of sp³-hybridized carbons (Fsp3) is 0.208. The number of carbonyl (C=O) groups is 1. The molecule has 2 aromatic carbocycles. The van der Waals surface area contributed by atoms with E-state index in [0.29, 0.717) is 23.7 Å². The van der Waals surface area contributed by atoms with E-state index in [9.17, 15) is 4.79 Å². The zero-order valence-corrected chi connectivity index (χ0v) is 17.2. The van der Waals surface area contributed by atoms with E-state index < -0.39 is 0 Å². The summed E-state index contributed by atoms with van der Waals surface area (Å²) in [5, 5.41) is 3.79. The average Bonchev–Trinajstić information content (AvgIpc) is 3.11. The second-order valence-corrected chi connectivity index (χ2v) is 7.32. The molecule has 0 saturated carbocycles. The van der Waals surface area contributed by atoms with Crippen LogP contribution in [0.4, 0.5) is 5.69 Å². The van der Waals surface area contributed by atoms with Gasteiger partial charge in [0.05, 0.1) is 12.7 Å². The van der Waals surface area contributed by atoms with E-state index in [1.54, 1.807) is 6.20 Å². The number of aryl methyl sites for hydroxylation is 1. The Hall–Kier alpha value is -3.51. The molecule has 0 aliphatic rings. The van der Waals surface area contributed by atoms with Crippen LogP contribution >= 0.6 is 0 Å². The highest BCUT2D eigenvalue weighted by Gasteiger charge is 2.21. The first-order valence-corrected chi connectivity index (χ1v) is 9.84. The van der Waals surface area contributed by atoms with Crippen LogP contribution in [0.1, 0.15) is 35.7 Å². The van der Waals surface area contributed by atoms with Gasteiger partial charge >= 0.3 is 0 Å². The third kappa shape index (κ3) is 4.23. The number of aromatic nitrogens is 2. The molecule has 0 aliphatic heterocycles. The Labute approximate surface area is 174 Å². The largest absolute Gasteiger partial charge is 0.451 e. The topological polar surface area (TPSA) is 77.2 Å². The first kappa shape index (κ1) is 19.8. The lowest BCUT2D eigenvalue weighted by molar-refractivity contribution is 0.0648. The summed E-state index contributed by atoms with van der Waals surface area (Å²) < 4.78 is 11.6. The van der Waals surface area contributed by atoms with E-state index in [0.717, 1.165) is 22.2 Å². The average molecular weight is 401 g/mol. The molecule has 0 saturated heterocycles. The molecule has 1 amide bonds. The molecular formula is C24H23N3O3. The number of hydrogen-bond acceptors (Lipinski definition) is 5. The highest BCUT2D eigenvalue weighted by molar-refractivity contribution is 6.06. The second-order valence-electron chi connectivity index (χ2n) is 7.32. The Morgan fingerprint density at radius 1 is 1.10 bits per heavy atom. The first-order chi connectivity index (χ1) is 14.5. The van der Waals surface area contributed by atoms with Gasteiger partial charge in [0.2, 0.25) is 0 Å². The Morgan fingerprint density at radius 3 is 2.60 bits per heavy atom. The van der Waals surface area contributed by atoms with Crippen LogP contribution in [0, 0.1) is 6.92 Å². The number of fused-ring (bicyclic) bond motifs is 1. The third-order valence-electron chi connectivity index (χ3n) is 4.66. The normalized spacial score (nSPS) is 11.2. The maximum absolute atomic E-state index is 13.0. The molecule has 2 aromatic heterocycles. The van der Waals surface area contributed by atoms with Gasteiger partial charge < -0.3 is 14.5 Å². The van der Waals surface area contributed by atoms with Gasteiger partial charge in [0.1, 0.15) is 5.58 Å². The number of furan rings is 1. The predicted octanol–water partition coefficient (Wildman–Crippen LogP) is 5.38. The number of benzene rings is 2. The maximum Gasteiger partial charge on any atom is 0.291 e. The van der Waals surface area contributed by atoms with Gasteiger partial charge in [0.25, 0.3) is 5.91 Å². The molecule has 0 aliphatic carbocycles. The second kappa shape index (κ2) is 8.47. The monoisotopic (exact) mass is 401 g/mol. The van der Waals surface area contributed by atoms with Crippen molar-refractivity contribution in [2.45, 2.75) is 33.5 Å². The van der Waals surface area contributed by atoms with Crippen LogP contribution in [0.5, 0.6) is 0 Å². The minimum Gasteiger partial charge on any atom is -0.451 e. The molecule has 0 spiro atoms. The standard InChI is InChI=1S/C24H23N3O3/c1-15(2)29-14-20-19-6-4-5-7-21(19)30-22(20)24(28)27-18-10-8-17(9-11-18)23-25-13-12-16(3)26-23/h4-13,15H,14H2,1-3H3,(H,27,28). The van der Waals surface area contributed by atoms with E-state index >= 15 is 0 Å². The van der Waals surface area contributed by atoms with Crippen molar-refractivity contribution in [2.75, 3.05) is 5.32 Å². The van der Waals surface area contributed by atoms with E-state index in [1.807, 2.05) is 75.4 Å². The van der Waals surface area contributed by atoms with E-state index in [2.05, 4.69) is 15.3 Å². The molecule has 2 heterocycles. The van der Waals surface area contributed by atoms with Crippen LogP contribution < -0.4 is 5.32 Å². The van der Waals surface area contributed by atoms with Crippen molar-refractivity contribution in [1.82, 2.24) is 9.97 Å². The summed E-state index contributed by atoms with van der Waals surface area (Å²) >= 11 is 0. The van der Waals surface area contributed by atoms with Gasteiger partial charge in [-0.25, -0.2) is 9.97 Å². The molecule has 6 heteroatoms. The molecule has 6 nitrogen and oxygen atoms in total. The number of amides is 1.